The van der Waals surface area contributed by atoms with E-state index < -0.39 is 0 Å². The van der Waals surface area contributed by atoms with E-state index in [0.717, 1.165) is 12.0 Å². The third-order valence-corrected chi connectivity index (χ3v) is 4.01. The summed E-state index contributed by atoms with van der Waals surface area (Å²) < 4.78 is 0. The molecule has 1 aliphatic rings. The summed E-state index contributed by atoms with van der Waals surface area (Å²) in [6.45, 7) is 4.12. The second-order valence-electron chi connectivity index (χ2n) is 5.66. The zero-order valence-electron chi connectivity index (χ0n) is 11.3. The number of nitrogens with two attached hydrogens (primary N) is 1. The van der Waals surface area contributed by atoms with Crippen LogP contribution < -0.4 is 5.73 Å². The van der Waals surface area contributed by atoms with E-state index in [9.17, 15) is 5.26 Å². The molecule has 0 fully saturated rings. The number of nitrogens with zero attached hydrogens (tertiary/aromatic N) is 1. The molecule has 2 rings (SSSR count). The molecule has 0 amide bonds. The molecule has 1 aromatic rings. The lowest BCUT2D eigenvalue weighted by Gasteiger charge is -2.23. The van der Waals surface area contributed by atoms with Crippen molar-refractivity contribution in [1.29, 1.82) is 5.26 Å². The minimum absolute atomic E-state index is 0.105. The van der Waals surface area contributed by atoms with Crippen LogP contribution in [-0.2, 0) is 12.8 Å². The number of benzene rings is 1. The van der Waals surface area contributed by atoms with Gasteiger partial charge in [-0.3, -0.25) is 0 Å². The van der Waals surface area contributed by atoms with Crippen LogP contribution in [0.1, 0.15) is 49.4 Å². The molecule has 0 bridgehead atoms. The average Bonchev–Trinajstić information content (AvgIpc) is 2.38. The molecule has 1 aliphatic carbocycles. The van der Waals surface area contributed by atoms with Crippen LogP contribution in [0.4, 0.5) is 0 Å². The lowest BCUT2D eigenvalue weighted by Crippen LogP contribution is -2.24. The molecule has 0 spiro atoms. The summed E-state index contributed by atoms with van der Waals surface area (Å²) in [5.41, 5.74) is 10.3. The Morgan fingerprint density at radius 2 is 1.83 bits per heavy atom. The number of rotatable bonds is 3. The Bertz CT molecular complexity index is 457. The standard InChI is InChI=1S/C16H22N2/c1-11(2)15(10-17)16(18)14-8-7-12-5-3-4-6-13(12)9-14/h7-9,11,15-16H,3-6,18H2,1-2H3. The van der Waals surface area contributed by atoms with Gasteiger partial charge in [-0.2, -0.15) is 5.26 Å². The van der Waals surface area contributed by atoms with E-state index >= 15 is 0 Å². The van der Waals surface area contributed by atoms with E-state index in [4.69, 9.17) is 5.73 Å². The van der Waals surface area contributed by atoms with Gasteiger partial charge in [0.2, 0.25) is 0 Å². The van der Waals surface area contributed by atoms with Gasteiger partial charge in [0.25, 0.3) is 0 Å². The monoisotopic (exact) mass is 242 g/mol. The van der Waals surface area contributed by atoms with Crippen LogP contribution in [-0.4, -0.2) is 0 Å². The van der Waals surface area contributed by atoms with Crippen molar-refractivity contribution in [3.8, 4) is 6.07 Å². The Hall–Kier alpha value is -1.33. The van der Waals surface area contributed by atoms with E-state index in [2.05, 4.69) is 38.1 Å². The zero-order valence-corrected chi connectivity index (χ0v) is 11.3. The second kappa shape index (κ2) is 5.54. The Morgan fingerprint density at radius 3 is 2.44 bits per heavy atom. The molecular weight excluding hydrogens is 220 g/mol. The van der Waals surface area contributed by atoms with Gasteiger partial charge in [0.05, 0.1) is 12.0 Å². The van der Waals surface area contributed by atoms with E-state index in [0.29, 0.717) is 5.92 Å². The highest BCUT2D eigenvalue weighted by Gasteiger charge is 2.23. The number of hydrogen-bond donors (Lipinski definition) is 1. The first-order chi connectivity index (χ1) is 8.63. The van der Waals surface area contributed by atoms with Gasteiger partial charge in [-0.1, -0.05) is 32.0 Å². The van der Waals surface area contributed by atoms with Crippen LogP contribution >= 0.6 is 0 Å². The Labute approximate surface area is 110 Å². The summed E-state index contributed by atoms with van der Waals surface area (Å²) in [7, 11) is 0. The van der Waals surface area contributed by atoms with Crippen LogP contribution in [0.5, 0.6) is 0 Å². The molecule has 2 unspecified atom stereocenters. The third-order valence-electron chi connectivity index (χ3n) is 4.01. The first-order valence-corrected chi connectivity index (χ1v) is 6.90. The molecule has 0 saturated heterocycles. The van der Waals surface area contributed by atoms with E-state index in [1.807, 2.05) is 0 Å². The van der Waals surface area contributed by atoms with Crippen molar-refractivity contribution in [1.82, 2.24) is 0 Å². The molecule has 1 aromatic carbocycles. The van der Waals surface area contributed by atoms with Crippen molar-refractivity contribution in [2.75, 3.05) is 0 Å². The van der Waals surface area contributed by atoms with E-state index in [1.54, 1.807) is 0 Å². The second-order valence-corrected chi connectivity index (χ2v) is 5.66. The summed E-state index contributed by atoms with van der Waals surface area (Å²) in [5, 5.41) is 9.24. The minimum Gasteiger partial charge on any atom is -0.323 e. The van der Waals surface area contributed by atoms with Crippen molar-refractivity contribution in [2.45, 2.75) is 45.6 Å². The van der Waals surface area contributed by atoms with Gasteiger partial charge in [-0.05, 0) is 48.3 Å². The molecule has 0 saturated carbocycles. The Morgan fingerprint density at radius 1 is 1.17 bits per heavy atom. The highest BCUT2D eigenvalue weighted by molar-refractivity contribution is 5.35. The molecule has 0 aliphatic heterocycles. The molecule has 2 N–H and O–H groups in total. The molecule has 96 valence electrons. The van der Waals surface area contributed by atoms with Gasteiger partial charge in [-0.15, -0.1) is 0 Å². The molecule has 2 atom stereocenters. The largest absolute Gasteiger partial charge is 0.323 e. The topological polar surface area (TPSA) is 49.8 Å². The molecule has 0 heterocycles. The van der Waals surface area contributed by atoms with E-state index in [1.165, 1.54) is 30.4 Å². The predicted molar refractivity (Wildman–Crippen MR) is 74.0 cm³/mol. The Balaban J connectivity index is 2.26. The van der Waals surface area contributed by atoms with Crippen molar-refractivity contribution in [3.05, 3.63) is 34.9 Å². The maximum Gasteiger partial charge on any atom is 0.0679 e. The average molecular weight is 242 g/mol. The predicted octanol–water partition coefficient (Wildman–Crippen LogP) is 3.36. The first kappa shape index (κ1) is 13.1. The Kier molecular flexibility index (Phi) is 4.04. The third kappa shape index (κ3) is 2.57. The number of fused-ring (bicyclic) bond motifs is 1. The summed E-state index contributed by atoms with van der Waals surface area (Å²) in [6.07, 6.45) is 4.92. The summed E-state index contributed by atoms with van der Waals surface area (Å²) in [4.78, 5) is 0. The van der Waals surface area contributed by atoms with Crippen LogP contribution in [0.25, 0.3) is 0 Å². The molecule has 18 heavy (non-hydrogen) atoms. The van der Waals surface area contributed by atoms with Crippen molar-refractivity contribution < 1.29 is 0 Å². The highest BCUT2D eigenvalue weighted by atomic mass is 14.7. The zero-order chi connectivity index (χ0) is 13.1. The fourth-order valence-corrected chi connectivity index (χ4v) is 2.81. The van der Waals surface area contributed by atoms with Crippen molar-refractivity contribution in [2.24, 2.45) is 17.6 Å². The smallest absolute Gasteiger partial charge is 0.0679 e. The summed E-state index contributed by atoms with van der Waals surface area (Å²) >= 11 is 0. The van der Waals surface area contributed by atoms with Crippen molar-refractivity contribution in [3.63, 3.8) is 0 Å². The maximum atomic E-state index is 9.24. The SMILES string of the molecule is CC(C)C(C#N)C(N)c1ccc2c(c1)CCCC2. The van der Waals surface area contributed by atoms with Gasteiger partial charge in [0, 0.05) is 6.04 Å². The summed E-state index contributed by atoms with van der Waals surface area (Å²) in [6, 6.07) is 8.74. The fraction of sp³-hybridized carbons (Fsp3) is 0.562. The molecule has 0 radical (unpaired) electrons. The van der Waals surface area contributed by atoms with Gasteiger partial charge >= 0.3 is 0 Å². The van der Waals surface area contributed by atoms with Crippen LogP contribution in [0.2, 0.25) is 0 Å². The van der Waals surface area contributed by atoms with Crippen LogP contribution in [0.15, 0.2) is 18.2 Å². The van der Waals surface area contributed by atoms with E-state index in [-0.39, 0.29) is 12.0 Å². The van der Waals surface area contributed by atoms with Gasteiger partial charge in [0.1, 0.15) is 0 Å². The normalized spacial score (nSPS) is 17.9. The molecular formula is C16H22N2. The van der Waals surface area contributed by atoms with Crippen LogP contribution in [0, 0.1) is 23.2 Å². The number of hydrogen-bond acceptors (Lipinski definition) is 2. The van der Waals surface area contributed by atoms with Gasteiger partial charge in [-0.25, -0.2) is 0 Å². The highest BCUT2D eigenvalue weighted by Crippen LogP contribution is 2.29. The minimum atomic E-state index is -0.165. The number of nitriles is 1. The molecule has 2 nitrogen and oxygen atoms in total. The lowest BCUT2D eigenvalue weighted by atomic mass is 9.83. The van der Waals surface area contributed by atoms with Gasteiger partial charge in [0.15, 0.2) is 0 Å². The molecule has 0 aromatic heterocycles. The lowest BCUT2D eigenvalue weighted by molar-refractivity contribution is 0.403. The fourth-order valence-electron chi connectivity index (χ4n) is 2.81. The maximum absolute atomic E-state index is 9.24. The number of aryl methyl sites for hydroxylation is 2. The van der Waals surface area contributed by atoms with Crippen molar-refractivity contribution >= 4 is 0 Å². The summed E-state index contributed by atoms with van der Waals surface area (Å²) in [5.74, 6) is 0.188. The quantitative estimate of drug-likeness (QED) is 0.883. The van der Waals surface area contributed by atoms with Gasteiger partial charge < -0.3 is 5.73 Å². The first-order valence-electron chi connectivity index (χ1n) is 6.90. The molecule has 2 heteroatoms. The van der Waals surface area contributed by atoms with Crippen LogP contribution in [0.3, 0.4) is 0 Å².